The van der Waals surface area contributed by atoms with Crippen LogP contribution in [0.3, 0.4) is 0 Å². The van der Waals surface area contributed by atoms with E-state index < -0.39 is 0 Å². The van der Waals surface area contributed by atoms with Crippen molar-refractivity contribution in [2.45, 2.75) is 46.6 Å². The van der Waals surface area contributed by atoms with Gasteiger partial charge in [0.05, 0.1) is 5.92 Å². The fraction of sp³-hybridized carbons (Fsp3) is 0.750. The number of hydrogen-bond donors (Lipinski definition) is 0. The molecular formula is C12H20N2O3. The van der Waals surface area contributed by atoms with Crippen LogP contribution in [-0.4, -0.2) is 22.5 Å². The van der Waals surface area contributed by atoms with E-state index in [1.165, 1.54) is 0 Å². The molecule has 1 heterocycles. The minimum atomic E-state index is -0.317. The van der Waals surface area contributed by atoms with E-state index in [0.29, 0.717) is 24.9 Å². The minimum Gasteiger partial charge on any atom is -0.373 e. The van der Waals surface area contributed by atoms with E-state index in [1.807, 2.05) is 20.8 Å². The average Bonchev–Trinajstić information content (AvgIpc) is 2.65. The maximum atomic E-state index is 11.5. The molecule has 0 bridgehead atoms. The van der Waals surface area contributed by atoms with Crippen LogP contribution in [0.25, 0.3) is 0 Å². The van der Waals surface area contributed by atoms with Crippen LogP contribution in [0.5, 0.6) is 0 Å². The molecule has 0 saturated heterocycles. The molecule has 0 radical (unpaired) electrons. The molecule has 0 N–H and O–H groups in total. The molecule has 0 aliphatic heterocycles. The van der Waals surface area contributed by atoms with Crippen LogP contribution in [0, 0.1) is 5.92 Å². The smallest absolute Gasteiger partial charge is 0.237 e. The van der Waals surface area contributed by atoms with Crippen molar-refractivity contribution >= 4 is 5.78 Å². The van der Waals surface area contributed by atoms with Crippen LogP contribution >= 0.6 is 0 Å². The van der Waals surface area contributed by atoms with Crippen molar-refractivity contribution < 1.29 is 14.1 Å². The van der Waals surface area contributed by atoms with Crippen molar-refractivity contribution in [1.29, 1.82) is 0 Å². The maximum absolute atomic E-state index is 11.5. The van der Waals surface area contributed by atoms with Gasteiger partial charge in [0.1, 0.15) is 12.4 Å². The zero-order valence-electron chi connectivity index (χ0n) is 10.9. The zero-order valence-corrected chi connectivity index (χ0v) is 10.9. The van der Waals surface area contributed by atoms with Gasteiger partial charge >= 0.3 is 0 Å². The van der Waals surface area contributed by atoms with Crippen molar-refractivity contribution in [3.8, 4) is 0 Å². The molecule has 0 amide bonds. The summed E-state index contributed by atoms with van der Waals surface area (Å²) < 4.78 is 10.4. The second-order valence-corrected chi connectivity index (χ2v) is 4.43. The number of nitrogens with zero attached hydrogens (tertiary/aromatic N) is 2. The molecule has 1 aromatic heterocycles. The summed E-state index contributed by atoms with van der Waals surface area (Å²) in [5.41, 5.74) is 0. The van der Waals surface area contributed by atoms with Crippen molar-refractivity contribution in [1.82, 2.24) is 10.1 Å². The molecule has 0 fully saturated rings. The predicted molar refractivity (Wildman–Crippen MR) is 62.5 cm³/mol. The second kappa shape index (κ2) is 6.49. The van der Waals surface area contributed by atoms with E-state index in [9.17, 15) is 4.79 Å². The molecule has 17 heavy (non-hydrogen) atoms. The summed E-state index contributed by atoms with van der Waals surface area (Å²) in [6.07, 6.45) is 0.951. The Morgan fingerprint density at radius 3 is 2.71 bits per heavy atom. The van der Waals surface area contributed by atoms with Gasteiger partial charge < -0.3 is 9.26 Å². The van der Waals surface area contributed by atoms with Gasteiger partial charge in [-0.3, -0.25) is 4.79 Å². The van der Waals surface area contributed by atoms with Crippen molar-refractivity contribution in [3.05, 3.63) is 11.7 Å². The summed E-state index contributed by atoms with van der Waals surface area (Å²) in [6, 6.07) is 0. The summed E-state index contributed by atoms with van der Waals surface area (Å²) >= 11 is 0. The normalized spacial score (nSPS) is 13.0. The largest absolute Gasteiger partial charge is 0.373 e. The summed E-state index contributed by atoms with van der Waals surface area (Å²) in [5, 5.41) is 3.81. The summed E-state index contributed by atoms with van der Waals surface area (Å²) in [7, 11) is 0. The van der Waals surface area contributed by atoms with Crippen LogP contribution in [0.15, 0.2) is 4.52 Å². The first kappa shape index (κ1) is 13.8. The Morgan fingerprint density at radius 2 is 2.18 bits per heavy atom. The highest BCUT2D eigenvalue weighted by atomic mass is 16.5. The highest BCUT2D eigenvalue weighted by molar-refractivity contribution is 5.82. The lowest BCUT2D eigenvalue weighted by atomic mass is 9.92. The van der Waals surface area contributed by atoms with Gasteiger partial charge in [0.2, 0.25) is 5.89 Å². The lowest BCUT2D eigenvalue weighted by Crippen LogP contribution is -2.15. The molecule has 0 spiro atoms. The molecule has 0 saturated carbocycles. The van der Waals surface area contributed by atoms with Gasteiger partial charge in [-0.25, -0.2) is 0 Å². The maximum Gasteiger partial charge on any atom is 0.237 e. The van der Waals surface area contributed by atoms with Crippen LogP contribution in [0.2, 0.25) is 0 Å². The van der Waals surface area contributed by atoms with Crippen LogP contribution in [0.4, 0.5) is 0 Å². The summed E-state index contributed by atoms with van der Waals surface area (Å²) in [5.74, 6) is 0.771. The molecule has 5 nitrogen and oxygen atoms in total. The molecule has 0 aromatic carbocycles. The molecule has 1 rings (SSSR count). The zero-order chi connectivity index (χ0) is 12.8. The van der Waals surface area contributed by atoms with Gasteiger partial charge in [0.15, 0.2) is 5.82 Å². The first-order valence-corrected chi connectivity index (χ1v) is 5.97. The molecule has 0 aliphatic carbocycles. The number of carbonyl (C=O) groups excluding carboxylic acids is 1. The standard InChI is InChI=1S/C12H20N2O3/c1-5-6-16-7-10-13-12(17-14-10)11(8(2)3)9(4)15/h8,11H,5-7H2,1-4H3. The summed E-state index contributed by atoms with van der Waals surface area (Å²) in [6.45, 7) is 8.51. The molecule has 0 aliphatic rings. The number of carbonyl (C=O) groups is 1. The number of ketones is 1. The Kier molecular flexibility index (Phi) is 5.28. The van der Waals surface area contributed by atoms with Gasteiger partial charge in [-0.2, -0.15) is 4.98 Å². The average molecular weight is 240 g/mol. The number of aromatic nitrogens is 2. The Morgan fingerprint density at radius 1 is 1.47 bits per heavy atom. The molecule has 96 valence electrons. The van der Waals surface area contributed by atoms with Crippen molar-refractivity contribution in [3.63, 3.8) is 0 Å². The number of ether oxygens (including phenoxy) is 1. The third kappa shape index (κ3) is 3.93. The Labute approximate surface area is 102 Å². The van der Waals surface area contributed by atoms with E-state index in [0.717, 1.165) is 6.42 Å². The quantitative estimate of drug-likeness (QED) is 0.684. The first-order chi connectivity index (χ1) is 8.06. The van der Waals surface area contributed by atoms with E-state index in [-0.39, 0.29) is 17.6 Å². The molecular weight excluding hydrogens is 220 g/mol. The first-order valence-electron chi connectivity index (χ1n) is 5.97. The number of Topliss-reactive ketones (excluding diaryl/α,β-unsaturated/α-hetero) is 1. The predicted octanol–water partition coefficient (Wildman–Crippen LogP) is 2.32. The topological polar surface area (TPSA) is 65.2 Å². The highest BCUT2D eigenvalue weighted by Gasteiger charge is 2.26. The van der Waals surface area contributed by atoms with Crippen LogP contribution in [0.1, 0.15) is 51.7 Å². The number of hydrogen-bond acceptors (Lipinski definition) is 5. The Bertz CT molecular complexity index is 360. The third-order valence-corrected chi connectivity index (χ3v) is 2.43. The summed E-state index contributed by atoms with van der Waals surface area (Å²) in [4.78, 5) is 15.7. The fourth-order valence-corrected chi connectivity index (χ4v) is 1.69. The molecule has 1 atom stereocenters. The Balaban J connectivity index is 2.68. The highest BCUT2D eigenvalue weighted by Crippen LogP contribution is 2.23. The van der Waals surface area contributed by atoms with Gasteiger partial charge in [-0.15, -0.1) is 0 Å². The third-order valence-electron chi connectivity index (χ3n) is 2.43. The van der Waals surface area contributed by atoms with E-state index in [2.05, 4.69) is 10.1 Å². The van der Waals surface area contributed by atoms with Crippen LogP contribution in [-0.2, 0) is 16.1 Å². The second-order valence-electron chi connectivity index (χ2n) is 4.43. The van der Waals surface area contributed by atoms with Gasteiger partial charge in [0, 0.05) is 6.61 Å². The minimum absolute atomic E-state index is 0.0460. The van der Waals surface area contributed by atoms with Crippen molar-refractivity contribution in [2.75, 3.05) is 6.61 Å². The lowest BCUT2D eigenvalue weighted by molar-refractivity contribution is -0.119. The van der Waals surface area contributed by atoms with Gasteiger partial charge in [0.25, 0.3) is 0 Å². The van der Waals surface area contributed by atoms with Crippen molar-refractivity contribution in [2.24, 2.45) is 5.92 Å². The molecule has 1 aromatic rings. The van der Waals surface area contributed by atoms with E-state index in [4.69, 9.17) is 9.26 Å². The van der Waals surface area contributed by atoms with Gasteiger partial charge in [-0.05, 0) is 19.3 Å². The van der Waals surface area contributed by atoms with E-state index in [1.54, 1.807) is 6.92 Å². The monoisotopic (exact) mass is 240 g/mol. The Hall–Kier alpha value is -1.23. The SMILES string of the molecule is CCCOCc1noc(C(C(C)=O)C(C)C)n1. The number of rotatable bonds is 7. The molecule has 1 unspecified atom stereocenters. The lowest BCUT2D eigenvalue weighted by Gasteiger charge is -2.12. The van der Waals surface area contributed by atoms with Crippen LogP contribution < -0.4 is 0 Å². The van der Waals surface area contributed by atoms with Gasteiger partial charge in [-0.1, -0.05) is 25.9 Å². The fourth-order valence-electron chi connectivity index (χ4n) is 1.69. The van der Waals surface area contributed by atoms with E-state index >= 15 is 0 Å². The molecule has 5 heteroatoms.